The van der Waals surface area contributed by atoms with Gasteiger partial charge in [-0.05, 0) is 55.2 Å². The van der Waals surface area contributed by atoms with Crippen molar-refractivity contribution in [3.05, 3.63) is 59.1 Å². The first-order valence-corrected chi connectivity index (χ1v) is 14.8. The van der Waals surface area contributed by atoms with Crippen molar-refractivity contribution in [3.8, 4) is 11.5 Å². The van der Waals surface area contributed by atoms with E-state index in [0.29, 0.717) is 36.0 Å². The van der Waals surface area contributed by atoms with Crippen LogP contribution in [0.3, 0.4) is 0 Å². The molecule has 0 aliphatic carbocycles. The molecule has 3 N–H and O–H groups in total. The van der Waals surface area contributed by atoms with E-state index in [1.807, 2.05) is 20.8 Å². The van der Waals surface area contributed by atoms with Gasteiger partial charge in [-0.3, -0.25) is 19.2 Å². The molecular formula is C31H41ClN4O6. The average molecular weight is 601 g/mol. The molecule has 0 saturated carbocycles. The molecule has 0 unspecified atom stereocenters. The number of fused-ring (bicyclic) bond motifs is 1. The van der Waals surface area contributed by atoms with Gasteiger partial charge in [-0.2, -0.15) is 0 Å². The molecule has 2 aromatic carbocycles. The van der Waals surface area contributed by atoms with Gasteiger partial charge in [0.05, 0.1) is 25.1 Å². The quantitative estimate of drug-likeness (QED) is 0.358. The summed E-state index contributed by atoms with van der Waals surface area (Å²) in [6.45, 7) is 7.29. The third-order valence-corrected chi connectivity index (χ3v) is 6.93. The van der Waals surface area contributed by atoms with Crippen molar-refractivity contribution in [2.24, 2.45) is 5.92 Å². The van der Waals surface area contributed by atoms with E-state index in [-0.39, 0.29) is 43.6 Å². The maximum atomic E-state index is 13.6. The summed E-state index contributed by atoms with van der Waals surface area (Å²) in [5.74, 6) is -0.759. The lowest BCUT2D eigenvalue weighted by atomic mass is 10.0. The summed E-state index contributed by atoms with van der Waals surface area (Å²) >= 11 is 5.90. The van der Waals surface area contributed by atoms with Crippen molar-refractivity contribution in [1.29, 1.82) is 0 Å². The van der Waals surface area contributed by atoms with Crippen LogP contribution in [0.4, 0.5) is 0 Å². The second-order valence-corrected chi connectivity index (χ2v) is 11.0. The number of halogens is 1. The van der Waals surface area contributed by atoms with Crippen LogP contribution >= 0.6 is 11.6 Å². The molecule has 228 valence electrons. The van der Waals surface area contributed by atoms with Crippen molar-refractivity contribution >= 4 is 35.2 Å². The Labute approximate surface area is 252 Å². The zero-order chi connectivity index (χ0) is 30.5. The predicted octanol–water partition coefficient (Wildman–Crippen LogP) is 3.58. The number of rotatable bonds is 10. The highest BCUT2D eigenvalue weighted by Gasteiger charge is 2.31. The number of unbranched alkanes of at least 4 members (excludes halogenated alkanes) is 1. The SMILES string of the molecule is CCCCN1CCOc2ccccc2C(=O)N[C@@H](C(=O)NCCOc2ccc(Cl)cc2)CC(=O)N[C@@H](CC(C)C)C1=O. The van der Waals surface area contributed by atoms with E-state index in [4.69, 9.17) is 21.1 Å². The number of amides is 4. The monoisotopic (exact) mass is 600 g/mol. The molecule has 1 aliphatic heterocycles. The van der Waals surface area contributed by atoms with E-state index in [1.165, 1.54) is 0 Å². The highest BCUT2D eigenvalue weighted by Crippen LogP contribution is 2.19. The molecule has 11 heteroatoms. The summed E-state index contributed by atoms with van der Waals surface area (Å²) in [7, 11) is 0. The minimum Gasteiger partial charge on any atom is -0.492 e. The van der Waals surface area contributed by atoms with E-state index in [2.05, 4.69) is 16.0 Å². The Morgan fingerprint density at radius 3 is 2.57 bits per heavy atom. The fourth-order valence-electron chi connectivity index (χ4n) is 4.52. The first kappa shape index (κ1) is 32.7. The number of carbonyl (C=O) groups excluding carboxylic acids is 4. The van der Waals surface area contributed by atoms with Gasteiger partial charge in [0, 0.05) is 11.6 Å². The first-order chi connectivity index (χ1) is 20.2. The highest BCUT2D eigenvalue weighted by molar-refractivity contribution is 6.30. The van der Waals surface area contributed by atoms with Gasteiger partial charge in [-0.15, -0.1) is 0 Å². The zero-order valence-corrected chi connectivity index (χ0v) is 25.2. The molecule has 0 aromatic heterocycles. The molecule has 3 rings (SSSR count). The van der Waals surface area contributed by atoms with E-state index in [1.54, 1.807) is 53.4 Å². The lowest BCUT2D eigenvalue weighted by molar-refractivity contribution is -0.137. The summed E-state index contributed by atoms with van der Waals surface area (Å²) < 4.78 is 11.6. The van der Waals surface area contributed by atoms with E-state index in [0.717, 1.165) is 12.8 Å². The smallest absolute Gasteiger partial charge is 0.255 e. The van der Waals surface area contributed by atoms with Gasteiger partial charge >= 0.3 is 0 Å². The molecule has 4 amide bonds. The first-order valence-electron chi connectivity index (χ1n) is 14.4. The molecule has 0 radical (unpaired) electrons. The van der Waals surface area contributed by atoms with Crippen LogP contribution in [-0.4, -0.2) is 73.5 Å². The summed E-state index contributed by atoms with van der Waals surface area (Å²) in [6.07, 6.45) is 1.78. The number of nitrogens with zero attached hydrogens (tertiary/aromatic N) is 1. The lowest BCUT2D eigenvalue weighted by Gasteiger charge is -2.30. The van der Waals surface area contributed by atoms with E-state index < -0.39 is 29.8 Å². The lowest BCUT2D eigenvalue weighted by Crippen LogP contribution is -2.54. The van der Waals surface area contributed by atoms with Crippen molar-refractivity contribution in [2.75, 3.05) is 32.8 Å². The summed E-state index contributed by atoms with van der Waals surface area (Å²) in [4.78, 5) is 55.1. The van der Waals surface area contributed by atoms with Crippen LogP contribution in [-0.2, 0) is 14.4 Å². The number of hydrogen-bond donors (Lipinski definition) is 3. The number of benzene rings is 2. The van der Waals surface area contributed by atoms with Gasteiger partial charge in [-0.25, -0.2) is 0 Å². The fourth-order valence-corrected chi connectivity index (χ4v) is 4.65. The number of carbonyl (C=O) groups is 4. The van der Waals surface area contributed by atoms with E-state index >= 15 is 0 Å². The zero-order valence-electron chi connectivity index (χ0n) is 24.5. The van der Waals surface area contributed by atoms with Gasteiger partial charge in [0.25, 0.3) is 5.91 Å². The molecule has 10 nitrogen and oxygen atoms in total. The van der Waals surface area contributed by atoms with Gasteiger partial charge in [0.2, 0.25) is 17.7 Å². The standard InChI is InChI=1S/C31H41ClN4O6/c1-4-5-15-36-16-18-42-27-9-7-6-8-24(27)29(38)35-25(20-28(37)34-26(31(36)40)19-21(2)3)30(39)33-14-17-41-23-12-10-22(32)11-13-23/h6-13,21,25-26H,4-5,14-20H2,1-3H3,(H,33,39)(H,34,37)(H,35,38)/t25-,26+/m1/s1. The van der Waals surface area contributed by atoms with E-state index in [9.17, 15) is 19.2 Å². The molecule has 0 bridgehead atoms. The van der Waals surface area contributed by atoms with Crippen molar-refractivity contribution in [3.63, 3.8) is 0 Å². The molecular weight excluding hydrogens is 560 g/mol. The topological polar surface area (TPSA) is 126 Å². The predicted molar refractivity (Wildman–Crippen MR) is 161 cm³/mol. The Bertz CT molecular complexity index is 1210. The van der Waals surface area contributed by atoms with Crippen LogP contribution < -0.4 is 25.4 Å². The fraction of sp³-hybridized carbons (Fsp3) is 0.484. The normalized spacial score (nSPS) is 18.3. The van der Waals surface area contributed by atoms with Crippen LogP contribution in [0.15, 0.2) is 48.5 Å². The third-order valence-electron chi connectivity index (χ3n) is 6.68. The molecule has 0 fully saturated rings. The number of hydrogen-bond acceptors (Lipinski definition) is 6. The molecule has 2 aromatic rings. The summed E-state index contributed by atoms with van der Waals surface area (Å²) in [6, 6.07) is 11.5. The minimum atomic E-state index is -1.20. The maximum absolute atomic E-state index is 13.6. The van der Waals surface area contributed by atoms with Crippen molar-refractivity contribution < 1.29 is 28.7 Å². The summed E-state index contributed by atoms with van der Waals surface area (Å²) in [5, 5.41) is 8.82. The Morgan fingerprint density at radius 2 is 1.86 bits per heavy atom. The number of para-hydroxylation sites is 1. The minimum absolute atomic E-state index is 0.133. The molecule has 0 spiro atoms. The maximum Gasteiger partial charge on any atom is 0.255 e. The third kappa shape index (κ3) is 10.2. The molecule has 42 heavy (non-hydrogen) atoms. The van der Waals surface area contributed by atoms with Gasteiger partial charge in [0.1, 0.15) is 36.8 Å². The number of nitrogens with one attached hydrogen (secondary N) is 3. The average Bonchev–Trinajstić information content (AvgIpc) is 2.96. The van der Waals surface area contributed by atoms with Gasteiger partial charge < -0.3 is 30.3 Å². The largest absolute Gasteiger partial charge is 0.492 e. The van der Waals surface area contributed by atoms with Gasteiger partial charge in [-0.1, -0.05) is 50.9 Å². The Hall–Kier alpha value is -3.79. The molecule has 2 atom stereocenters. The molecule has 1 aliphatic rings. The van der Waals surface area contributed by atoms with Crippen LogP contribution in [0.2, 0.25) is 5.02 Å². The number of ether oxygens (including phenoxy) is 2. The van der Waals surface area contributed by atoms with Crippen LogP contribution in [0.25, 0.3) is 0 Å². The van der Waals surface area contributed by atoms with Crippen molar-refractivity contribution in [2.45, 2.75) is 58.5 Å². The van der Waals surface area contributed by atoms with Gasteiger partial charge in [0.15, 0.2) is 0 Å². The van der Waals surface area contributed by atoms with Crippen LogP contribution in [0, 0.1) is 5.92 Å². The van der Waals surface area contributed by atoms with Crippen LogP contribution in [0.1, 0.15) is 56.8 Å². The molecule has 0 saturated heterocycles. The van der Waals surface area contributed by atoms with Crippen molar-refractivity contribution in [1.82, 2.24) is 20.9 Å². The van der Waals surface area contributed by atoms with Crippen LogP contribution in [0.5, 0.6) is 11.5 Å². The Kier molecular flexibility index (Phi) is 12.9. The highest BCUT2D eigenvalue weighted by atomic mass is 35.5. The second kappa shape index (κ2) is 16.6. The summed E-state index contributed by atoms with van der Waals surface area (Å²) in [5.41, 5.74) is 0.225. The Morgan fingerprint density at radius 1 is 1.12 bits per heavy atom. The molecule has 1 heterocycles. The second-order valence-electron chi connectivity index (χ2n) is 10.6. The Balaban J connectivity index is 1.80.